The Hall–Kier alpha value is -1.41. The van der Waals surface area contributed by atoms with Crippen LogP contribution in [-0.4, -0.2) is 38.9 Å². The zero-order valence-corrected chi connectivity index (χ0v) is 19.6. The number of nitrogens with zero attached hydrogens (tertiary/aromatic N) is 1. The van der Waals surface area contributed by atoms with Crippen LogP contribution in [0.5, 0.6) is 0 Å². The summed E-state index contributed by atoms with van der Waals surface area (Å²) in [7, 11) is -3.62. The Bertz CT molecular complexity index is 930. The Morgan fingerprint density at radius 1 is 1.14 bits per heavy atom. The van der Waals surface area contributed by atoms with Crippen LogP contribution in [0.4, 0.5) is 5.69 Å². The summed E-state index contributed by atoms with van der Waals surface area (Å²) in [5.74, 6) is 0.916. The fourth-order valence-corrected chi connectivity index (χ4v) is 5.51. The van der Waals surface area contributed by atoms with E-state index in [9.17, 15) is 13.2 Å². The quantitative estimate of drug-likeness (QED) is 0.543. The van der Waals surface area contributed by atoms with Crippen molar-refractivity contribution in [1.82, 2.24) is 5.32 Å². The predicted octanol–water partition coefficient (Wildman–Crippen LogP) is 4.51. The number of rotatable bonds is 9. The lowest BCUT2D eigenvalue weighted by Crippen LogP contribution is -2.48. The van der Waals surface area contributed by atoms with Gasteiger partial charge in [-0.2, -0.15) is 11.8 Å². The minimum absolute atomic E-state index is 0.354. The fraction of sp³-hybridized carbons (Fsp3) is 0.350. The van der Waals surface area contributed by atoms with Gasteiger partial charge in [0.2, 0.25) is 15.9 Å². The van der Waals surface area contributed by atoms with Gasteiger partial charge < -0.3 is 5.32 Å². The average Bonchev–Trinajstić information content (AvgIpc) is 2.64. The highest BCUT2D eigenvalue weighted by Crippen LogP contribution is 2.28. The molecule has 0 aliphatic carbocycles. The van der Waals surface area contributed by atoms with Crippen LogP contribution in [0.15, 0.2) is 42.5 Å². The number of carbonyl (C=O) groups excluding carboxylic acids is 1. The number of thioether (sulfide) groups is 1. The number of hydrogen-bond acceptors (Lipinski definition) is 4. The number of carbonyl (C=O) groups is 1. The Morgan fingerprint density at radius 2 is 1.72 bits per heavy atom. The van der Waals surface area contributed by atoms with Gasteiger partial charge in [-0.05, 0) is 43.7 Å². The second kappa shape index (κ2) is 10.6. The summed E-state index contributed by atoms with van der Waals surface area (Å²) in [6, 6.07) is 11.5. The van der Waals surface area contributed by atoms with Crippen molar-refractivity contribution in [2.45, 2.75) is 25.6 Å². The van der Waals surface area contributed by atoms with Crippen molar-refractivity contribution in [2.75, 3.05) is 22.9 Å². The molecular formula is C20H24Cl2N2O3S2. The van der Waals surface area contributed by atoms with Gasteiger partial charge in [0.25, 0.3) is 0 Å². The minimum Gasteiger partial charge on any atom is -0.353 e. The Kier molecular flexibility index (Phi) is 8.70. The molecule has 5 nitrogen and oxygen atoms in total. The molecular weight excluding hydrogens is 451 g/mol. The summed E-state index contributed by atoms with van der Waals surface area (Å²) < 4.78 is 25.7. The number of aryl methyl sites for hydroxylation is 1. The van der Waals surface area contributed by atoms with E-state index in [4.69, 9.17) is 23.2 Å². The molecule has 0 aliphatic rings. The molecule has 0 unspecified atom stereocenters. The number of halogens is 2. The molecule has 0 fully saturated rings. The monoisotopic (exact) mass is 474 g/mol. The summed E-state index contributed by atoms with van der Waals surface area (Å²) >= 11 is 13.9. The van der Waals surface area contributed by atoms with E-state index in [2.05, 4.69) is 5.32 Å². The smallest absolute Gasteiger partial charge is 0.243 e. The van der Waals surface area contributed by atoms with Crippen molar-refractivity contribution in [3.05, 3.63) is 63.6 Å². The third-order valence-corrected chi connectivity index (χ3v) is 7.17. The maximum atomic E-state index is 12.5. The van der Waals surface area contributed by atoms with Crippen molar-refractivity contribution in [3.63, 3.8) is 0 Å². The van der Waals surface area contributed by atoms with Gasteiger partial charge in [0.15, 0.2) is 0 Å². The van der Waals surface area contributed by atoms with Gasteiger partial charge >= 0.3 is 0 Å². The zero-order chi connectivity index (χ0) is 21.6. The van der Waals surface area contributed by atoms with Crippen molar-refractivity contribution in [2.24, 2.45) is 0 Å². The Balaban J connectivity index is 1.92. The van der Waals surface area contributed by atoms with Crippen LogP contribution >= 0.6 is 35.0 Å². The third kappa shape index (κ3) is 6.81. The summed E-state index contributed by atoms with van der Waals surface area (Å²) in [5, 5.41) is 4.03. The molecule has 0 heterocycles. The van der Waals surface area contributed by atoms with Gasteiger partial charge in [0.05, 0.1) is 11.9 Å². The lowest BCUT2D eigenvalue weighted by Gasteiger charge is -2.28. The van der Waals surface area contributed by atoms with E-state index in [1.807, 2.05) is 19.1 Å². The third-order valence-electron chi connectivity index (χ3n) is 4.23. The van der Waals surface area contributed by atoms with E-state index in [1.54, 1.807) is 49.0 Å². The molecule has 1 atom stereocenters. The fourth-order valence-electron chi connectivity index (χ4n) is 2.74. The molecule has 0 saturated heterocycles. The topological polar surface area (TPSA) is 66.5 Å². The van der Waals surface area contributed by atoms with E-state index in [0.717, 1.165) is 21.7 Å². The van der Waals surface area contributed by atoms with Crippen LogP contribution in [0.1, 0.15) is 18.1 Å². The van der Waals surface area contributed by atoms with Gasteiger partial charge in [0, 0.05) is 28.1 Å². The lowest BCUT2D eigenvalue weighted by atomic mass is 10.2. The number of hydrogen-bond donors (Lipinski definition) is 1. The predicted molar refractivity (Wildman–Crippen MR) is 124 cm³/mol. The second-order valence-electron chi connectivity index (χ2n) is 6.61. The van der Waals surface area contributed by atoms with E-state index < -0.39 is 16.1 Å². The molecule has 158 valence electrons. The molecule has 1 N–H and O–H groups in total. The first kappa shape index (κ1) is 23.9. The maximum absolute atomic E-state index is 12.5. The van der Waals surface area contributed by atoms with Crippen LogP contribution in [0, 0.1) is 6.92 Å². The first-order valence-electron chi connectivity index (χ1n) is 8.95. The highest BCUT2D eigenvalue weighted by atomic mass is 35.5. The van der Waals surface area contributed by atoms with E-state index in [0.29, 0.717) is 33.8 Å². The van der Waals surface area contributed by atoms with E-state index in [1.165, 1.54) is 0 Å². The highest BCUT2D eigenvalue weighted by molar-refractivity contribution is 7.98. The van der Waals surface area contributed by atoms with Crippen molar-refractivity contribution >= 4 is 56.6 Å². The maximum Gasteiger partial charge on any atom is 0.243 e. The van der Waals surface area contributed by atoms with Gasteiger partial charge in [-0.3, -0.25) is 9.10 Å². The van der Waals surface area contributed by atoms with Gasteiger partial charge in [0.1, 0.15) is 6.04 Å². The van der Waals surface area contributed by atoms with E-state index in [-0.39, 0.29) is 5.91 Å². The zero-order valence-electron chi connectivity index (χ0n) is 16.5. The molecule has 0 radical (unpaired) electrons. The SMILES string of the molecule is Cc1ccc(N([C@H](C)C(=O)NCCSCc2c(Cl)cccc2Cl)S(C)(=O)=O)cc1. The Morgan fingerprint density at radius 3 is 2.28 bits per heavy atom. The average molecular weight is 475 g/mol. The van der Waals surface area contributed by atoms with Crippen LogP contribution in [0.2, 0.25) is 10.0 Å². The summed E-state index contributed by atoms with van der Waals surface area (Å²) in [5.41, 5.74) is 2.33. The first-order valence-corrected chi connectivity index (χ1v) is 12.7. The number of amides is 1. The molecule has 2 rings (SSSR count). The first-order chi connectivity index (χ1) is 13.6. The highest BCUT2D eigenvalue weighted by Gasteiger charge is 2.28. The van der Waals surface area contributed by atoms with Crippen LogP contribution < -0.4 is 9.62 Å². The van der Waals surface area contributed by atoms with Gasteiger partial charge in [-0.1, -0.05) is 47.0 Å². The number of sulfonamides is 1. The number of benzene rings is 2. The molecule has 2 aromatic carbocycles. The van der Waals surface area contributed by atoms with Crippen molar-refractivity contribution in [3.8, 4) is 0 Å². The standard InChI is InChI=1S/C20H24Cl2N2O3S2/c1-14-7-9-16(10-8-14)24(29(3,26)27)15(2)20(25)23-11-12-28-13-17-18(21)5-4-6-19(17)22/h4-10,15H,11-13H2,1-3H3,(H,23,25)/t15-/m1/s1. The number of nitrogens with one attached hydrogen (secondary N) is 1. The number of anilines is 1. The molecule has 9 heteroatoms. The van der Waals surface area contributed by atoms with Crippen LogP contribution in [0.3, 0.4) is 0 Å². The largest absolute Gasteiger partial charge is 0.353 e. The van der Waals surface area contributed by atoms with Gasteiger partial charge in [-0.15, -0.1) is 0 Å². The molecule has 2 aromatic rings. The molecule has 0 spiro atoms. The molecule has 1 amide bonds. The lowest BCUT2D eigenvalue weighted by molar-refractivity contribution is -0.121. The van der Waals surface area contributed by atoms with Crippen LogP contribution in [-0.2, 0) is 20.6 Å². The summed E-state index contributed by atoms with van der Waals surface area (Å²) in [4.78, 5) is 12.5. The van der Waals surface area contributed by atoms with Crippen molar-refractivity contribution in [1.29, 1.82) is 0 Å². The van der Waals surface area contributed by atoms with Crippen molar-refractivity contribution < 1.29 is 13.2 Å². The van der Waals surface area contributed by atoms with E-state index >= 15 is 0 Å². The minimum atomic E-state index is -3.62. The molecule has 0 bridgehead atoms. The molecule has 0 aliphatic heterocycles. The Labute approximate surface area is 186 Å². The normalized spacial score (nSPS) is 12.4. The molecule has 0 aromatic heterocycles. The van der Waals surface area contributed by atoms with Gasteiger partial charge in [-0.25, -0.2) is 8.42 Å². The molecule has 0 saturated carbocycles. The summed E-state index contributed by atoms with van der Waals surface area (Å²) in [6.45, 7) is 3.90. The molecule has 29 heavy (non-hydrogen) atoms. The summed E-state index contributed by atoms with van der Waals surface area (Å²) in [6.07, 6.45) is 1.10. The second-order valence-corrected chi connectivity index (χ2v) is 10.4. The van der Waals surface area contributed by atoms with Crippen LogP contribution in [0.25, 0.3) is 0 Å².